The lowest BCUT2D eigenvalue weighted by Gasteiger charge is -2.36. The van der Waals surface area contributed by atoms with Gasteiger partial charge in [0.05, 0.1) is 6.54 Å². The molecule has 3 N–H and O–H groups in total. The monoisotopic (exact) mass is 275 g/mol. The van der Waals surface area contributed by atoms with E-state index in [9.17, 15) is 4.79 Å². The minimum absolute atomic E-state index is 0.0965. The largest absolute Gasteiger partial charge is 0.351 e. The van der Waals surface area contributed by atoms with Crippen LogP contribution in [0.2, 0.25) is 0 Å². The highest BCUT2D eigenvalue weighted by Gasteiger charge is 2.26. The molecule has 0 aromatic heterocycles. The first kappa shape index (κ1) is 15.0. The summed E-state index contributed by atoms with van der Waals surface area (Å²) in [7, 11) is 0. The number of carbonyl (C=O) groups excluding carboxylic acids is 1. The topological polar surface area (TPSA) is 58.4 Å². The first-order valence-corrected chi connectivity index (χ1v) is 7.47. The maximum absolute atomic E-state index is 12.0. The van der Waals surface area contributed by atoms with Crippen molar-refractivity contribution in [3.8, 4) is 0 Å². The standard InChI is InChI=1S/C16H25N3O/c1-2-14-11-19(9-8-15(14)17)12-16(20)18-10-13-6-4-3-5-7-13/h3-7,14-15H,2,8-12,17H2,1H3,(H,18,20). The van der Waals surface area contributed by atoms with E-state index in [1.807, 2.05) is 30.3 Å². The van der Waals surface area contributed by atoms with E-state index in [0.29, 0.717) is 25.0 Å². The van der Waals surface area contributed by atoms with Gasteiger partial charge in [-0.1, -0.05) is 43.7 Å². The second kappa shape index (κ2) is 7.41. The summed E-state index contributed by atoms with van der Waals surface area (Å²) in [6.45, 7) is 5.12. The summed E-state index contributed by atoms with van der Waals surface area (Å²) in [6, 6.07) is 10.3. The Morgan fingerprint density at radius 3 is 2.85 bits per heavy atom. The third-order valence-electron chi connectivity index (χ3n) is 4.10. The van der Waals surface area contributed by atoms with Crippen LogP contribution in [-0.4, -0.2) is 36.5 Å². The molecule has 20 heavy (non-hydrogen) atoms. The summed E-state index contributed by atoms with van der Waals surface area (Å²) in [4.78, 5) is 14.2. The molecule has 2 atom stereocenters. The van der Waals surface area contributed by atoms with Gasteiger partial charge >= 0.3 is 0 Å². The van der Waals surface area contributed by atoms with Crippen LogP contribution in [0.3, 0.4) is 0 Å². The van der Waals surface area contributed by atoms with Crippen LogP contribution in [-0.2, 0) is 11.3 Å². The van der Waals surface area contributed by atoms with Gasteiger partial charge in [-0.2, -0.15) is 0 Å². The van der Waals surface area contributed by atoms with Crippen LogP contribution in [0.4, 0.5) is 0 Å². The first-order valence-electron chi connectivity index (χ1n) is 7.47. The highest BCUT2D eigenvalue weighted by molar-refractivity contribution is 5.78. The van der Waals surface area contributed by atoms with Crippen molar-refractivity contribution in [2.24, 2.45) is 11.7 Å². The Hall–Kier alpha value is -1.39. The molecular formula is C16H25N3O. The number of nitrogens with zero attached hydrogens (tertiary/aromatic N) is 1. The lowest BCUT2D eigenvalue weighted by atomic mass is 9.91. The number of hydrogen-bond donors (Lipinski definition) is 2. The SMILES string of the molecule is CCC1CN(CC(=O)NCc2ccccc2)CCC1N. The van der Waals surface area contributed by atoms with E-state index in [1.54, 1.807) is 0 Å². The molecule has 1 aromatic carbocycles. The molecule has 0 radical (unpaired) electrons. The number of nitrogens with one attached hydrogen (secondary N) is 1. The molecule has 0 spiro atoms. The highest BCUT2D eigenvalue weighted by atomic mass is 16.2. The summed E-state index contributed by atoms with van der Waals surface area (Å²) in [5, 5.41) is 2.98. The van der Waals surface area contributed by atoms with Crippen LogP contribution in [0.1, 0.15) is 25.3 Å². The molecule has 4 nitrogen and oxygen atoms in total. The van der Waals surface area contributed by atoms with Crippen molar-refractivity contribution in [2.45, 2.75) is 32.4 Å². The normalized spacial score (nSPS) is 23.5. The molecule has 0 saturated carbocycles. The molecular weight excluding hydrogens is 250 g/mol. The maximum Gasteiger partial charge on any atom is 0.234 e. The number of piperidine rings is 1. The second-order valence-corrected chi connectivity index (χ2v) is 5.62. The molecule has 4 heteroatoms. The van der Waals surface area contributed by atoms with Crippen LogP contribution < -0.4 is 11.1 Å². The molecule has 1 amide bonds. The lowest BCUT2D eigenvalue weighted by Crippen LogP contribution is -2.49. The van der Waals surface area contributed by atoms with E-state index in [0.717, 1.165) is 31.5 Å². The number of benzene rings is 1. The van der Waals surface area contributed by atoms with Gasteiger partial charge in [0.25, 0.3) is 0 Å². The minimum atomic E-state index is 0.0965. The van der Waals surface area contributed by atoms with Gasteiger partial charge in [0.2, 0.25) is 5.91 Å². The Morgan fingerprint density at radius 2 is 2.15 bits per heavy atom. The van der Waals surface area contributed by atoms with Crippen LogP contribution in [0.15, 0.2) is 30.3 Å². The number of nitrogens with two attached hydrogens (primary N) is 1. The molecule has 110 valence electrons. The number of likely N-dealkylation sites (tertiary alicyclic amines) is 1. The van der Waals surface area contributed by atoms with E-state index in [4.69, 9.17) is 5.73 Å². The third kappa shape index (κ3) is 4.32. The summed E-state index contributed by atoms with van der Waals surface area (Å²) in [5.41, 5.74) is 7.22. The van der Waals surface area contributed by atoms with Gasteiger partial charge < -0.3 is 11.1 Å². The molecule has 1 heterocycles. The van der Waals surface area contributed by atoms with Gasteiger partial charge in [0.15, 0.2) is 0 Å². The fraction of sp³-hybridized carbons (Fsp3) is 0.562. The van der Waals surface area contributed by atoms with Crippen LogP contribution >= 0.6 is 0 Å². The van der Waals surface area contributed by atoms with Crippen molar-refractivity contribution in [3.63, 3.8) is 0 Å². The van der Waals surface area contributed by atoms with Crippen molar-refractivity contribution in [1.82, 2.24) is 10.2 Å². The molecule has 1 aliphatic rings. The second-order valence-electron chi connectivity index (χ2n) is 5.62. The van der Waals surface area contributed by atoms with Gasteiger partial charge in [-0.15, -0.1) is 0 Å². The highest BCUT2D eigenvalue weighted by Crippen LogP contribution is 2.18. The van der Waals surface area contributed by atoms with Crippen LogP contribution in [0.25, 0.3) is 0 Å². The number of hydrogen-bond acceptors (Lipinski definition) is 3. The van der Waals surface area contributed by atoms with Gasteiger partial charge in [0, 0.05) is 25.7 Å². The molecule has 2 rings (SSSR count). The smallest absolute Gasteiger partial charge is 0.234 e. The van der Waals surface area contributed by atoms with Gasteiger partial charge in [-0.3, -0.25) is 9.69 Å². The fourth-order valence-electron chi connectivity index (χ4n) is 2.76. The summed E-state index contributed by atoms with van der Waals surface area (Å²) < 4.78 is 0. The fourth-order valence-corrected chi connectivity index (χ4v) is 2.76. The van der Waals surface area contributed by atoms with Crippen molar-refractivity contribution >= 4 is 5.91 Å². The van der Waals surface area contributed by atoms with E-state index in [-0.39, 0.29) is 5.91 Å². The zero-order chi connectivity index (χ0) is 14.4. The van der Waals surface area contributed by atoms with Gasteiger partial charge in [-0.25, -0.2) is 0 Å². The Kier molecular flexibility index (Phi) is 5.56. The molecule has 0 aliphatic carbocycles. The number of rotatable bonds is 5. The molecule has 0 bridgehead atoms. The first-order chi connectivity index (χ1) is 9.69. The third-order valence-corrected chi connectivity index (χ3v) is 4.10. The Labute approximate surface area is 121 Å². The zero-order valence-electron chi connectivity index (χ0n) is 12.2. The van der Waals surface area contributed by atoms with E-state index in [1.165, 1.54) is 0 Å². The van der Waals surface area contributed by atoms with E-state index in [2.05, 4.69) is 17.1 Å². The van der Waals surface area contributed by atoms with Crippen molar-refractivity contribution in [3.05, 3.63) is 35.9 Å². The zero-order valence-corrected chi connectivity index (χ0v) is 12.2. The summed E-state index contributed by atoms with van der Waals surface area (Å²) in [6.07, 6.45) is 2.08. The summed E-state index contributed by atoms with van der Waals surface area (Å²) in [5.74, 6) is 0.616. The lowest BCUT2D eigenvalue weighted by molar-refractivity contribution is -0.122. The molecule has 2 unspecified atom stereocenters. The predicted molar refractivity (Wildman–Crippen MR) is 81.1 cm³/mol. The van der Waals surface area contributed by atoms with Gasteiger partial charge in [-0.05, 0) is 17.9 Å². The minimum Gasteiger partial charge on any atom is -0.351 e. The average molecular weight is 275 g/mol. The quantitative estimate of drug-likeness (QED) is 0.853. The van der Waals surface area contributed by atoms with Crippen molar-refractivity contribution < 1.29 is 4.79 Å². The van der Waals surface area contributed by atoms with Crippen LogP contribution in [0, 0.1) is 5.92 Å². The van der Waals surface area contributed by atoms with E-state index < -0.39 is 0 Å². The Morgan fingerprint density at radius 1 is 1.40 bits per heavy atom. The Balaban J connectivity index is 1.74. The maximum atomic E-state index is 12.0. The average Bonchev–Trinajstić information content (AvgIpc) is 2.48. The predicted octanol–water partition coefficient (Wildman–Crippen LogP) is 1.36. The van der Waals surface area contributed by atoms with Crippen molar-refractivity contribution in [2.75, 3.05) is 19.6 Å². The molecule has 1 saturated heterocycles. The van der Waals surface area contributed by atoms with Crippen molar-refractivity contribution in [1.29, 1.82) is 0 Å². The molecule has 1 aliphatic heterocycles. The molecule has 1 fully saturated rings. The Bertz CT molecular complexity index is 421. The number of amides is 1. The van der Waals surface area contributed by atoms with Gasteiger partial charge in [0.1, 0.15) is 0 Å². The molecule has 1 aromatic rings. The number of carbonyl (C=O) groups is 1. The summed E-state index contributed by atoms with van der Waals surface area (Å²) >= 11 is 0. The van der Waals surface area contributed by atoms with E-state index >= 15 is 0 Å². The van der Waals surface area contributed by atoms with Crippen LogP contribution in [0.5, 0.6) is 0 Å².